The Labute approximate surface area is 109 Å². The largest absolute Gasteiger partial charge is 0.467 e. The third kappa shape index (κ3) is 3.47. The normalized spacial score (nSPS) is 11.1. The summed E-state index contributed by atoms with van der Waals surface area (Å²) in [7, 11) is 1.30. The zero-order valence-electron chi connectivity index (χ0n) is 10.2. The molecule has 0 bridgehead atoms. The van der Waals surface area contributed by atoms with E-state index >= 15 is 0 Å². The second-order valence-corrected chi connectivity index (χ2v) is 6.08. The molecule has 0 aliphatic rings. The summed E-state index contributed by atoms with van der Waals surface area (Å²) >= 11 is 2.98. The van der Waals surface area contributed by atoms with E-state index in [1.54, 1.807) is 31.7 Å². The maximum absolute atomic E-state index is 11.9. The molecule has 0 unspecified atom stereocenters. The molecule has 0 fully saturated rings. The van der Waals surface area contributed by atoms with Crippen LogP contribution in [-0.2, 0) is 9.53 Å². The molecule has 0 aliphatic heterocycles. The second kappa shape index (κ2) is 5.55. The molecule has 1 rings (SSSR count). The summed E-state index contributed by atoms with van der Waals surface area (Å²) in [6, 6.07) is 3.63. The Bertz CT molecular complexity index is 426. The zero-order valence-corrected chi connectivity index (χ0v) is 11.8. The molecule has 0 aliphatic carbocycles. The van der Waals surface area contributed by atoms with Crippen LogP contribution in [0.5, 0.6) is 0 Å². The number of rotatable bonds is 4. The number of esters is 1. The van der Waals surface area contributed by atoms with Gasteiger partial charge in [-0.25, -0.2) is 4.79 Å². The highest BCUT2D eigenvalue weighted by Crippen LogP contribution is 2.25. The van der Waals surface area contributed by atoms with Crippen LogP contribution in [0.15, 0.2) is 16.3 Å². The van der Waals surface area contributed by atoms with Gasteiger partial charge in [0.05, 0.1) is 16.2 Å². The van der Waals surface area contributed by atoms with E-state index in [0.29, 0.717) is 4.88 Å². The summed E-state index contributed by atoms with van der Waals surface area (Å²) in [5.41, 5.74) is -1.02. The molecule has 4 nitrogen and oxygen atoms in total. The van der Waals surface area contributed by atoms with Crippen molar-refractivity contribution in [3.63, 3.8) is 0 Å². The first-order valence-corrected chi connectivity index (χ1v) is 6.99. The monoisotopic (exact) mass is 273 g/mol. The van der Waals surface area contributed by atoms with Crippen molar-refractivity contribution in [3.05, 3.63) is 17.0 Å². The number of carbonyl (C=O) groups excluding carboxylic acids is 2. The SMILES string of the molecule is COC(=O)C(C)(C)NC(=O)c1ccc(SC)s1. The fraction of sp³-hybridized carbons (Fsp3) is 0.455. The number of thioether (sulfide) groups is 1. The lowest BCUT2D eigenvalue weighted by Gasteiger charge is -2.22. The third-order valence-electron chi connectivity index (χ3n) is 2.13. The molecule has 1 aromatic heterocycles. The predicted molar refractivity (Wildman–Crippen MR) is 69.7 cm³/mol. The van der Waals surface area contributed by atoms with E-state index in [0.717, 1.165) is 4.21 Å². The van der Waals surface area contributed by atoms with E-state index in [9.17, 15) is 9.59 Å². The van der Waals surface area contributed by atoms with Crippen molar-refractivity contribution in [3.8, 4) is 0 Å². The van der Waals surface area contributed by atoms with Crippen LogP contribution in [0.2, 0.25) is 0 Å². The van der Waals surface area contributed by atoms with Gasteiger partial charge in [-0.05, 0) is 32.2 Å². The van der Waals surface area contributed by atoms with E-state index in [4.69, 9.17) is 0 Å². The molecule has 1 N–H and O–H groups in total. The molecule has 0 atom stereocenters. The summed E-state index contributed by atoms with van der Waals surface area (Å²) < 4.78 is 5.68. The molecule has 0 saturated carbocycles. The van der Waals surface area contributed by atoms with Gasteiger partial charge < -0.3 is 10.1 Å². The van der Waals surface area contributed by atoms with Crippen molar-refractivity contribution in [2.24, 2.45) is 0 Å². The second-order valence-electron chi connectivity index (χ2n) is 3.89. The van der Waals surface area contributed by atoms with Crippen LogP contribution in [0.3, 0.4) is 0 Å². The van der Waals surface area contributed by atoms with Crippen molar-refractivity contribution in [2.45, 2.75) is 23.6 Å². The van der Waals surface area contributed by atoms with Crippen LogP contribution in [0, 0.1) is 0 Å². The molecule has 0 saturated heterocycles. The Kier molecular flexibility index (Phi) is 4.59. The van der Waals surface area contributed by atoms with E-state index in [1.165, 1.54) is 18.4 Å². The summed E-state index contributed by atoms with van der Waals surface area (Å²) in [6.45, 7) is 3.22. The lowest BCUT2D eigenvalue weighted by Crippen LogP contribution is -2.50. The minimum atomic E-state index is -1.02. The van der Waals surface area contributed by atoms with E-state index in [2.05, 4.69) is 10.1 Å². The van der Waals surface area contributed by atoms with Gasteiger partial charge in [0.25, 0.3) is 5.91 Å². The number of methoxy groups -OCH3 is 1. The molecular weight excluding hydrogens is 258 g/mol. The topological polar surface area (TPSA) is 55.4 Å². The maximum Gasteiger partial charge on any atom is 0.330 e. The lowest BCUT2D eigenvalue weighted by atomic mass is 10.1. The zero-order chi connectivity index (χ0) is 13.1. The van der Waals surface area contributed by atoms with Crippen LogP contribution in [0.4, 0.5) is 0 Å². The number of ether oxygens (including phenoxy) is 1. The summed E-state index contributed by atoms with van der Waals surface area (Å²) in [5.74, 6) is -0.724. The Morgan fingerprint density at radius 1 is 1.41 bits per heavy atom. The number of carbonyl (C=O) groups is 2. The summed E-state index contributed by atoms with van der Waals surface area (Å²) in [5, 5.41) is 2.65. The van der Waals surface area contributed by atoms with Gasteiger partial charge in [-0.2, -0.15) is 0 Å². The fourth-order valence-corrected chi connectivity index (χ4v) is 2.64. The fourth-order valence-electron chi connectivity index (χ4n) is 1.20. The van der Waals surface area contributed by atoms with Crippen molar-refractivity contribution in [2.75, 3.05) is 13.4 Å². The van der Waals surface area contributed by atoms with Crippen molar-refractivity contribution in [1.29, 1.82) is 0 Å². The van der Waals surface area contributed by atoms with Crippen LogP contribution in [0.1, 0.15) is 23.5 Å². The Morgan fingerprint density at radius 2 is 2.06 bits per heavy atom. The predicted octanol–water partition coefficient (Wildman–Crippen LogP) is 2.15. The molecule has 1 heterocycles. The van der Waals surface area contributed by atoms with Gasteiger partial charge in [-0.15, -0.1) is 23.1 Å². The minimum absolute atomic E-state index is 0.259. The van der Waals surface area contributed by atoms with E-state index in [-0.39, 0.29) is 5.91 Å². The average molecular weight is 273 g/mol. The Hall–Kier alpha value is -1.01. The van der Waals surface area contributed by atoms with Gasteiger partial charge in [-0.3, -0.25) is 4.79 Å². The van der Waals surface area contributed by atoms with Crippen molar-refractivity contribution >= 4 is 35.0 Å². The van der Waals surface area contributed by atoms with Gasteiger partial charge >= 0.3 is 5.97 Å². The first-order valence-electron chi connectivity index (χ1n) is 4.95. The van der Waals surface area contributed by atoms with Crippen LogP contribution < -0.4 is 5.32 Å². The van der Waals surface area contributed by atoms with Gasteiger partial charge in [0.2, 0.25) is 0 Å². The lowest BCUT2D eigenvalue weighted by molar-refractivity contribution is -0.146. The molecule has 6 heteroatoms. The van der Waals surface area contributed by atoms with Crippen molar-refractivity contribution in [1.82, 2.24) is 5.32 Å². The molecule has 0 radical (unpaired) electrons. The molecule has 0 spiro atoms. The number of nitrogens with one attached hydrogen (secondary N) is 1. The van der Waals surface area contributed by atoms with Gasteiger partial charge in [0, 0.05) is 0 Å². The highest BCUT2D eigenvalue weighted by molar-refractivity contribution is 8.00. The third-order valence-corrected chi connectivity index (χ3v) is 4.30. The summed E-state index contributed by atoms with van der Waals surface area (Å²) in [6.07, 6.45) is 1.95. The molecule has 94 valence electrons. The van der Waals surface area contributed by atoms with Crippen LogP contribution >= 0.6 is 23.1 Å². The van der Waals surface area contributed by atoms with Gasteiger partial charge in [-0.1, -0.05) is 0 Å². The highest BCUT2D eigenvalue weighted by atomic mass is 32.2. The van der Waals surface area contributed by atoms with Crippen LogP contribution in [-0.4, -0.2) is 30.8 Å². The average Bonchev–Trinajstić information content (AvgIpc) is 2.75. The number of thiophene rings is 1. The molecule has 1 amide bonds. The van der Waals surface area contributed by atoms with Gasteiger partial charge in [0.15, 0.2) is 0 Å². The summed E-state index contributed by atoms with van der Waals surface area (Å²) in [4.78, 5) is 23.9. The first-order chi connectivity index (χ1) is 7.90. The van der Waals surface area contributed by atoms with Crippen molar-refractivity contribution < 1.29 is 14.3 Å². The van der Waals surface area contributed by atoms with Crippen LogP contribution in [0.25, 0.3) is 0 Å². The molecular formula is C11H15NO3S2. The Morgan fingerprint density at radius 3 is 2.53 bits per heavy atom. The number of hydrogen-bond acceptors (Lipinski definition) is 5. The molecule has 1 aromatic rings. The highest BCUT2D eigenvalue weighted by Gasteiger charge is 2.31. The number of amides is 1. The minimum Gasteiger partial charge on any atom is -0.467 e. The molecule has 0 aromatic carbocycles. The quantitative estimate of drug-likeness (QED) is 0.674. The van der Waals surface area contributed by atoms with Gasteiger partial charge in [0.1, 0.15) is 5.54 Å². The number of hydrogen-bond donors (Lipinski definition) is 1. The Balaban J connectivity index is 2.75. The standard InChI is InChI=1S/C11H15NO3S2/c1-11(2,10(14)15-3)12-9(13)7-5-6-8(16-4)17-7/h5-6H,1-4H3,(H,12,13). The first kappa shape index (κ1) is 14.1. The van der Waals surface area contributed by atoms with E-state index in [1.807, 2.05) is 12.3 Å². The molecule has 17 heavy (non-hydrogen) atoms. The maximum atomic E-state index is 11.9. The van der Waals surface area contributed by atoms with E-state index < -0.39 is 11.5 Å². The smallest absolute Gasteiger partial charge is 0.330 e.